The second-order valence-electron chi connectivity index (χ2n) is 4.98. The van der Waals surface area contributed by atoms with Crippen molar-refractivity contribution in [3.63, 3.8) is 0 Å². The van der Waals surface area contributed by atoms with E-state index in [1.807, 2.05) is 32.1 Å². The summed E-state index contributed by atoms with van der Waals surface area (Å²) < 4.78 is 5.33. The molecule has 0 unspecified atom stereocenters. The first-order valence-corrected chi connectivity index (χ1v) is 5.71. The number of aryl methyl sites for hydroxylation is 2. The smallest absolute Gasteiger partial charge is 0.308 e. The van der Waals surface area contributed by atoms with Crippen molar-refractivity contribution in [2.24, 2.45) is 0 Å². The molecule has 0 amide bonds. The Bertz CT molecular complexity index is 456. The Morgan fingerprint density at radius 2 is 1.94 bits per heavy atom. The van der Waals surface area contributed by atoms with Crippen LogP contribution in [0.3, 0.4) is 0 Å². The highest BCUT2D eigenvalue weighted by Gasteiger charge is 2.23. The Kier molecular flexibility index (Phi) is 3.76. The average Bonchev–Trinajstić information content (AvgIpc) is 2.21. The first-order chi connectivity index (χ1) is 7.77. The Morgan fingerprint density at radius 1 is 1.35 bits per heavy atom. The quantitative estimate of drug-likeness (QED) is 0.451. The van der Waals surface area contributed by atoms with Gasteiger partial charge in [-0.2, -0.15) is 0 Å². The van der Waals surface area contributed by atoms with Gasteiger partial charge in [-0.25, -0.2) is 0 Å². The summed E-state index contributed by atoms with van der Waals surface area (Å²) in [6.07, 6.45) is 1.87. The van der Waals surface area contributed by atoms with Crippen LogP contribution in [0.25, 0.3) is 0 Å². The second-order valence-corrected chi connectivity index (χ2v) is 4.98. The number of benzene rings is 1. The Hall–Kier alpha value is -1.57. The molecule has 2 heteroatoms. The van der Waals surface area contributed by atoms with Crippen molar-refractivity contribution in [2.45, 2.75) is 40.0 Å². The summed E-state index contributed by atoms with van der Waals surface area (Å²) in [5.41, 5.74) is 2.91. The molecule has 17 heavy (non-hydrogen) atoms. The minimum absolute atomic E-state index is 0.221. The number of ether oxygens (including phenoxy) is 1. The molecule has 0 radical (unpaired) electrons. The molecule has 0 N–H and O–H groups in total. The lowest BCUT2D eigenvalue weighted by Gasteiger charge is -2.25. The average molecular weight is 232 g/mol. The fourth-order valence-corrected chi connectivity index (χ4v) is 1.82. The van der Waals surface area contributed by atoms with Crippen molar-refractivity contribution in [3.05, 3.63) is 41.5 Å². The van der Waals surface area contributed by atoms with Gasteiger partial charge >= 0.3 is 5.97 Å². The Labute approximate surface area is 103 Å². The van der Waals surface area contributed by atoms with Crippen LogP contribution in [0.5, 0.6) is 5.75 Å². The van der Waals surface area contributed by atoms with E-state index in [0.29, 0.717) is 5.75 Å². The third-order valence-electron chi connectivity index (χ3n) is 2.87. The molecule has 0 fully saturated rings. The van der Waals surface area contributed by atoms with E-state index in [2.05, 4.69) is 20.4 Å². The number of esters is 1. The maximum Gasteiger partial charge on any atom is 0.308 e. The Balaban J connectivity index is 3.45. The van der Waals surface area contributed by atoms with Gasteiger partial charge in [-0.15, -0.1) is 6.58 Å². The minimum Gasteiger partial charge on any atom is -0.426 e. The van der Waals surface area contributed by atoms with E-state index in [4.69, 9.17) is 4.74 Å². The summed E-state index contributed by atoms with van der Waals surface area (Å²) in [5.74, 6) is 0.367. The molecule has 0 aliphatic rings. The molecular formula is C15H20O2. The van der Waals surface area contributed by atoms with E-state index >= 15 is 0 Å². The molecule has 0 aliphatic heterocycles. The fourth-order valence-electron chi connectivity index (χ4n) is 1.82. The molecule has 0 saturated carbocycles. The zero-order chi connectivity index (χ0) is 13.2. The number of hydrogen-bond acceptors (Lipinski definition) is 2. The predicted octanol–water partition coefficient (Wildman–Crippen LogP) is 3.69. The van der Waals surface area contributed by atoms with Crippen molar-refractivity contribution in [1.29, 1.82) is 0 Å². The van der Waals surface area contributed by atoms with Gasteiger partial charge in [0, 0.05) is 17.9 Å². The molecule has 92 valence electrons. The van der Waals surface area contributed by atoms with Gasteiger partial charge in [0.1, 0.15) is 5.75 Å². The lowest BCUT2D eigenvalue weighted by atomic mass is 9.82. The first kappa shape index (κ1) is 13.5. The molecule has 0 aromatic heterocycles. The topological polar surface area (TPSA) is 26.3 Å². The molecule has 0 saturated heterocycles. The van der Waals surface area contributed by atoms with Crippen molar-refractivity contribution >= 4 is 5.97 Å². The SMILES string of the molecule is C=CC(C)(C)c1cc(C)cc(C)c1OC(C)=O. The molecule has 1 rings (SSSR count). The summed E-state index contributed by atoms with van der Waals surface area (Å²) in [6, 6.07) is 4.06. The molecule has 0 spiro atoms. The zero-order valence-electron chi connectivity index (χ0n) is 11.3. The third kappa shape index (κ3) is 2.96. The highest BCUT2D eigenvalue weighted by atomic mass is 16.5. The van der Waals surface area contributed by atoms with Gasteiger partial charge in [0.2, 0.25) is 0 Å². The third-order valence-corrected chi connectivity index (χ3v) is 2.87. The van der Waals surface area contributed by atoms with E-state index in [0.717, 1.165) is 16.7 Å². The number of allylic oxidation sites excluding steroid dienone is 1. The van der Waals surface area contributed by atoms with Crippen LogP contribution in [0.1, 0.15) is 37.5 Å². The van der Waals surface area contributed by atoms with E-state index in [1.165, 1.54) is 6.92 Å². The number of rotatable bonds is 3. The van der Waals surface area contributed by atoms with Gasteiger partial charge in [0.05, 0.1) is 0 Å². The van der Waals surface area contributed by atoms with E-state index < -0.39 is 0 Å². The maximum absolute atomic E-state index is 11.2. The maximum atomic E-state index is 11.2. The van der Waals surface area contributed by atoms with Gasteiger partial charge in [-0.3, -0.25) is 4.79 Å². The van der Waals surface area contributed by atoms with Gasteiger partial charge < -0.3 is 4.74 Å². The molecule has 0 atom stereocenters. The summed E-state index contributed by atoms with van der Waals surface area (Å²) in [4.78, 5) is 11.2. The van der Waals surface area contributed by atoms with Gasteiger partial charge in [-0.1, -0.05) is 37.6 Å². The minimum atomic E-state index is -0.293. The zero-order valence-corrected chi connectivity index (χ0v) is 11.3. The molecule has 1 aromatic carbocycles. The van der Waals surface area contributed by atoms with Gasteiger partial charge in [0.15, 0.2) is 0 Å². The molecule has 1 aromatic rings. The van der Waals surface area contributed by atoms with E-state index in [9.17, 15) is 4.79 Å². The van der Waals surface area contributed by atoms with Crippen molar-refractivity contribution in [3.8, 4) is 5.75 Å². The summed E-state index contributed by atoms with van der Waals surface area (Å²) in [7, 11) is 0. The van der Waals surface area contributed by atoms with Crippen LogP contribution < -0.4 is 4.74 Å². The Morgan fingerprint density at radius 3 is 2.41 bits per heavy atom. The van der Waals surface area contributed by atoms with Crippen molar-refractivity contribution < 1.29 is 9.53 Å². The molecule has 0 bridgehead atoms. The highest BCUT2D eigenvalue weighted by molar-refractivity contribution is 5.71. The highest BCUT2D eigenvalue weighted by Crippen LogP contribution is 2.36. The summed E-state index contributed by atoms with van der Waals surface area (Å²) in [5, 5.41) is 0. The molecule has 0 heterocycles. The fraction of sp³-hybridized carbons (Fsp3) is 0.400. The van der Waals surface area contributed by atoms with Crippen LogP contribution in [0.2, 0.25) is 0 Å². The predicted molar refractivity (Wildman–Crippen MR) is 70.4 cm³/mol. The van der Waals surface area contributed by atoms with E-state index in [-0.39, 0.29) is 11.4 Å². The lowest BCUT2D eigenvalue weighted by Crippen LogP contribution is -2.17. The molecular weight excluding hydrogens is 212 g/mol. The van der Waals surface area contributed by atoms with E-state index in [1.54, 1.807) is 0 Å². The summed E-state index contributed by atoms with van der Waals surface area (Å²) in [6.45, 7) is 13.4. The van der Waals surface area contributed by atoms with Gasteiger partial charge in [-0.05, 0) is 19.4 Å². The van der Waals surface area contributed by atoms with Crippen LogP contribution in [-0.4, -0.2) is 5.97 Å². The summed E-state index contributed by atoms with van der Waals surface area (Å²) >= 11 is 0. The number of carbonyl (C=O) groups excluding carboxylic acids is 1. The first-order valence-electron chi connectivity index (χ1n) is 5.71. The largest absolute Gasteiger partial charge is 0.426 e. The van der Waals surface area contributed by atoms with Crippen LogP contribution >= 0.6 is 0 Å². The molecule has 0 aliphatic carbocycles. The van der Waals surface area contributed by atoms with Gasteiger partial charge in [0.25, 0.3) is 0 Å². The number of hydrogen-bond donors (Lipinski definition) is 0. The van der Waals surface area contributed by atoms with Crippen molar-refractivity contribution in [1.82, 2.24) is 0 Å². The van der Waals surface area contributed by atoms with Crippen LogP contribution in [0.4, 0.5) is 0 Å². The van der Waals surface area contributed by atoms with Crippen molar-refractivity contribution in [2.75, 3.05) is 0 Å². The molecule has 2 nitrogen and oxygen atoms in total. The van der Waals surface area contributed by atoms with Crippen LogP contribution in [0, 0.1) is 13.8 Å². The second kappa shape index (κ2) is 4.74. The normalized spacial score (nSPS) is 11.1. The monoisotopic (exact) mass is 232 g/mol. The number of carbonyl (C=O) groups is 1. The van der Waals surface area contributed by atoms with Crippen LogP contribution in [-0.2, 0) is 10.2 Å². The standard InChI is InChI=1S/C15H20O2/c1-7-15(5,6)13-9-10(2)8-11(3)14(13)17-12(4)16/h7-9H,1H2,2-6H3. The van der Waals surface area contributed by atoms with Crippen LogP contribution in [0.15, 0.2) is 24.8 Å². The lowest BCUT2D eigenvalue weighted by molar-refractivity contribution is -0.132.